The Bertz CT molecular complexity index is 327. The summed E-state index contributed by atoms with van der Waals surface area (Å²) >= 11 is 9.76. The van der Waals surface area contributed by atoms with Crippen molar-refractivity contribution in [2.24, 2.45) is 11.7 Å². The zero-order valence-corrected chi connectivity index (χ0v) is 10.3. The number of carbonyl (C=O) groups excluding carboxylic acids is 2. The SMILES string of the molecule is CC(C(=O)Cl)C(=O)Cl.NCc1ccccc1. The highest BCUT2D eigenvalue weighted by Crippen LogP contribution is 2.03. The van der Waals surface area contributed by atoms with Gasteiger partial charge in [0.2, 0.25) is 10.5 Å². The van der Waals surface area contributed by atoms with E-state index in [-0.39, 0.29) is 0 Å². The van der Waals surface area contributed by atoms with E-state index < -0.39 is 16.4 Å². The van der Waals surface area contributed by atoms with Crippen LogP contribution in [0.2, 0.25) is 0 Å². The minimum Gasteiger partial charge on any atom is -0.326 e. The first kappa shape index (κ1) is 15.1. The highest BCUT2D eigenvalue weighted by molar-refractivity contribution is 6.73. The summed E-state index contributed by atoms with van der Waals surface area (Å²) in [5.74, 6) is -0.877. The normalized spacial score (nSPS) is 9.31. The standard InChI is InChI=1S/C7H9N.C4H4Cl2O2/c8-6-7-4-2-1-3-5-7;1-2(3(5)7)4(6)8/h1-5H,6,8H2;2H,1H3. The molecule has 1 aromatic rings. The average Bonchev–Trinajstić information content (AvgIpc) is 2.29. The van der Waals surface area contributed by atoms with Crippen LogP contribution >= 0.6 is 23.2 Å². The van der Waals surface area contributed by atoms with Crippen LogP contribution in [0.25, 0.3) is 0 Å². The van der Waals surface area contributed by atoms with Gasteiger partial charge in [-0.3, -0.25) is 9.59 Å². The highest BCUT2D eigenvalue weighted by Gasteiger charge is 2.15. The zero-order chi connectivity index (χ0) is 12.6. The maximum atomic E-state index is 10.0. The van der Waals surface area contributed by atoms with Crippen LogP contribution in [0.15, 0.2) is 30.3 Å². The van der Waals surface area contributed by atoms with Crippen LogP contribution in [0.4, 0.5) is 0 Å². The van der Waals surface area contributed by atoms with E-state index in [4.69, 9.17) is 28.9 Å². The van der Waals surface area contributed by atoms with Crippen LogP contribution in [0.1, 0.15) is 12.5 Å². The van der Waals surface area contributed by atoms with Crippen molar-refractivity contribution in [3.63, 3.8) is 0 Å². The van der Waals surface area contributed by atoms with Gasteiger partial charge in [0.15, 0.2) is 0 Å². The van der Waals surface area contributed by atoms with Crippen molar-refractivity contribution in [3.8, 4) is 0 Å². The Hall–Kier alpha value is -0.900. The second-order valence-corrected chi connectivity index (χ2v) is 3.76. The van der Waals surface area contributed by atoms with Crippen LogP contribution in [-0.4, -0.2) is 10.5 Å². The molecule has 0 bridgehead atoms. The van der Waals surface area contributed by atoms with Gasteiger partial charge in [0.25, 0.3) is 0 Å². The molecule has 2 N–H and O–H groups in total. The lowest BCUT2D eigenvalue weighted by molar-refractivity contribution is -0.123. The Morgan fingerprint density at radius 3 is 1.81 bits per heavy atom. The van der Waals surface area contributed by atoms with Gasteiger partial charge < -0.3 is 5.73 Å². The van der Waals surface area contributed by atoms with Gasteiger partial charge in [-0.15, -0.1) is 0 Å². The summed E-state index contributed by atoms with van der Waals surface area (Å²) in [6.07, 6.45) is 0. The molecule has 0 unspecified atom stereocenters. The third kappa shape index (κ3) is 6.56. The lowest BCUT2D eigenvalue weighted by Crippen LogP contribution is -2.10. The maximum Gasteiger partial charge on any atom is 0.233 e. The Labute approximate surface area is 105 Å². The summed E-state index contributed by atoms with van der Waals surface area (Å²) in [6.45, 7) is 1.99. The van der Waals surface area contributed by atoms with Crippen molar-refractivity contribution >= 4 is 33.7 Å². The Morgan fingerprint density at radius 1 is 1.19 bits per heavy atom. The molecule has 88 valence electrons. The zero-order valence-electron chi connectivity index (χ0n) is 8.82. The molecule has 0 spiro atoms. The largest absolute Gasteiger partial charge is 0.326 e. The first-order chi connectivity index (χ1) is 7.49. The number of benzene rings is 1. The first-order valence-electron chi connectivity index (χ1n) is 4.61. The van der Waals surface area contributed by atoms with E-state index >= 15 is 0 Å². The smallest absolute Gasteiger partial charge is 0.233 e. The topological polar surface area (TPSA) is 60.2 Å². The van der Waals surface area contributed by atoms with E-state index in [2.05, 4.69) is 0 Å². The quantitative estimate of drug-likeness (QED) is 0.671. The van der Waals surface area contributed by atoms with Gasteiger partial charge in [-0.1, -0.05) is 30.3 Å². The molecular formula is C11H13Cl2NO2. The molecule has 1 aromatic carbocycles. The van der Waals surface area contributed by atoms with Crippen molar-refractivity contribution < 1.29 is 9.59 Å². The molecule has 0 fully saturated rings. The fourth-order valence-electron chi connectivity index (χ4n) is 0.703. The van der Waals surface area contributed by atoms with Crippen LogP contribution in [0, 0.1) is 5.92 Å². The van der Waals surface area contributed by atoms with Gasteiger partial charge in [-0.05, 0) is 35.7 Å². The number of carbonyl (C=O) groups is 2. The number of halogens is 2. The Morgan fingerprint density at radius 2 is 1.62 bits per heavy atom. The predicted octanol–water partition coefficient (Wildman–Crippen LogP) is 2.30. The molecule has 0 aliphatic carbocycles. The van der Waals surface area contributed by atoms with Crippen LogP contribution in [0.3, 0.4) is 0 Å². The van der Waals surface area contributed by atoms with Crippen LogP contribution < -0.4 is 5.73 Å². The summed E-state index contributed by atoms with van der Waals surface area (Å²) in [7, 11) is 0. The summed E-state index contributed by atoms with van der Waals surface area (Å²) in [5.41, 5.74) is 6.54. The van der Waals surface area contributed by atoms with Crippen molar-refractivity contribution in [2.75, 3.05) is 0 Å². The highest BCUT2D eigenvalue weighted by atomic mass is 35.5. The Balaban J connectivity index is 0.000000281. The molecule has 0 heterocycles. The van der Waals surface area contributed by atoms with Crippen molar-refractivity contribution in [2.45, 2.75) is 13.5 Å². The molecule has 0 radical (unpaired) electrons. The van der Waals surface area contributed by atoms with E-state index in [1.807, 2.05) is 30.3 Å². The molecule has 0 aromatic heterocycles. The number of hydrogen-bond donors (Lipinski definition) is 1. The molecule has 1 rings (SSSR count). The van der Waals surface area contributed by atoms with Crippen molar-refractivity contribution in [1.29, 1.82) is 0 Å². The summed E-state index contributed by atoms with van der Waals surface area (Å²) in [6, 6.07) is 9.99. The van der Waals surface area contributed by atoms with Crippen molar-refractivity contribution in [1.82, 2.24) is 0 Å². The van der Waals surface area contributed by atoms with Crippen LogP contribution in [0.5, 0.6) is 0 Å². The maximum absolute atomic E-state index is 10.0. The van der Waals surface area contributed by atoms with Gasteiger partial charge in [0.1, 0.15) is 5.92 Å². The molecule has 16 heavy (non-hydrogen) atoms. The lowest BCUT2D eigenvalue weighted by Gasteiger charge is -1.93. The average molecular weight is 262 g/mol. The van der Waals surface area contributed by atoms with Crippen LogP contribution in [-0.2, 0) is 16.1 Å². The predicted molar refractivity (Wildman–Crippen MR) is 65.2 cm³/mol. The fraction of sp³-hybridized carbons (Fsp3) is 0.273. The third-order valence-electron chi connectivity index (χ3n) is 1.76. The molecule has 0 saturated heterocycles. The van der Waals surface area contributed by atoms with Gasteiger partial charge in [-0.2, -0.15) is 0 Å². The summed E-state index contributed by atoms with van der Waals surface area (Å²) in [4.78, 5) is 20.1. The molecule has 5 heteroatoms. The minimum atomic E-state index is -0.877. The fourth-order valence-corrected chi connectivity index (χ4v) is 0.957. The van der Waals surface area contributed by atoms with Gasteiger partial charge in [0, 0.05) is 6.54 Å². The molecule has 0 aliphatic heterocycles. The monoisotopic (exact) mass is 261 g/mol. The van der Waals surface area contributed by atoms with Gasteiger partial charge >= 0.3 is 0 Å². The molecule has 0 atom stereocenters. The lowest BCUT2D eigenvalue weighted by atomic mass is 10.2. The first-order valence-corrected chi connectivity index (χ1v) is 5.37. The molecule has 0 amide bonds. The molecule has 0 aliphatic rings. The molecule has 3 nitrogen and oxygen atoms in total. The van der Waals surface area contributed by atoms with E-state index in [0.717, 1.165) is 0 Å². The van der Waals surface area contributed by atoms with Crippen molar-refractivity contribution in [3.05, 3.63) is 35.9 Å². The number of nitrogens with two attached hydrogens (primary N) is 1. The number of hydrogen-bond acceptors (Lipinski definition) is 3. The molecule has 0 saturated carbocycles. The van der Waals surface area contributed by atoms with Gasteiger partial charge in [-0.25, -0.2) is 0 Å². The summed E-state index contributed by atoms with van der Waals surface area (Å²) < 4.78 is 0. The summed E-state index contributed by atoms with van der Waals surface area (Å²) in [5, 5.41) is -1.44. The van der Waals surface area contributed by atoms with E-state index in [1.165, 1.54) is 12.5 Å². The van der Waals surface area contributed by atoms with E-state index in [9.17, 15) is 9.59 Å². The second kappa shape index (κ2) is 8.28. The Kier molecular flexibility index (Phi) is 7.81. The van der Waals surface area contributed by atoms with E-state index in [1.54, 1.807) is 0 Å². The second-order valence-electron chi connectivity index (χ2n) is 3.02. The third-order valence-corrected chi connectivity index (χ3v) is 2.41. The molecular weight excluding hydrogens is 249 g/mol. The van der Waals surface area contributed by atoms with Gasteiger partial charge in [0.05, 0.1) is 0 Å². The number of rotatable bonds is 3. The van der Waals surface area contributed by atoms with E-state index in [0.29, 0.717) is 6.54 Å². The minimum absolute atomic E-state index is 0.640.